The number of nitrogens with zero attached hydrogens (tertiary/aromatic N) is 3. The van der Waals surface area contributed by atoms with E-state index in [1.54, 1.807) is 21.6 Å². The number of thioether (sulfide) groups is 1. The Hall–Kier alpha value is -2.78. The average molecular weight is 540 g/mol. The van der Waals surface area contributed by atoms with Crippen molar-refractivity contribution in [3.63, 3.8) is 0 Å². The number of esters is 1. The van der Waals surface area contributed by atoms with E-state index in [0.717, 1.165) is 37.3 Å². The van der Waals surface area contributed by atoms with Crippen molar-refractivity contribution in [2.75, 3.05) is 49.2 Å². The fraction of sp³-hybridized carbons (Fsp3) is 0.552. The second-order valence-corrected chi connectivity index (χ2v) is 11.7. The molecular weight excluding hydrogens is 502 g/mol. The first-order valence-electron chi connectivity index (χ1n) is 13.7. The molecule has 2 amide bonds. The molecule has 0 saturated carbocycles. The first-order chi connectivity index (χ1) is 18.5. The summed E-state index contributed by atoms with van der Waals surface area (Å²) in [5.74, 6) is -2.07. The predicted octanol–water partition coefficient (Wildman–Crippen LogP) is 3.01. The zero-order valence-electron chi connectivity index (χ0n) is 22.1. The van der Waals surface area contributed by atoms with Crippen LogP contribution in [0.15, 0.2) is 48.6 Å². The molecule has 5 rings (SSSR count). The van der Waals surface area contributed by atoms with Crippen LogP contribution in [-0.2, 0) is 19.1 Å². The quantitative estimate of drug-likeness (QED) is 0.421. The average Bonchev–Trinajstić information content (AvgIpc) is 3.33. The largest absolute Gasteiger partial charge is 0.465 e. The van der Waals surface area contributed by atoms with Gasteiger partial charge in [-0.05, 0) is 57.4 Å². The van der Waals surface area contributed by atoms with Crippen molar-refractivity contribution in [3.05, 3.63) is 48.6 Å². The Morgan fingerprint density at radius 3 is 2.58 bits per heavy atom. The zero-order valence-corrected chi connectivity index (χ0v) is 22.9. The van der Waals surface area contributed by atoms with Crippen LogP contribution in [-0.4, -0.2) is 83.2 Å². The van der Waals surface area contributed by atoms with E-state index in [2.05, 4.69) is 24.8 Å². The number of carbonyl (C=O) groups is 3. The van der Waals surface area contributed by atoms with Gasteiger partial charge in [0.2, 0.25) is 5.91 Å². The van der Waals surface area contributed by atoms with Crippen LogP contribution < -0.4 is 9.80 Å². The zero-order chi connectivity index (χ0) is 26.9. The monoisotopic (exact) mass is 539 g/mol. The lowest BCUT2D eigenvalue weighted by molar-refractivity contribution is -0.153. The van der Waals surface area contributed by atoms with Crippen LogP contribution in [0.5, 0.6) is 0 Å². The van der Waals surface area contributed by atoms with Crippen LogP contribution in [0.25, 0.3) is 0 Å². The Balaban J connectivity index is 1.54. The van der Waals surface area contributed by atoms with Gasteiger partial charge < -0.3 is 24.5 Å². The fourth-order valence-corrected chi connectivity index (χ4v) is 8.40. The van der Waals surface area contributed by atoms with Gasteiger partial charge in [0.05, 0.1) is 23.2 Å². The molecule has 0 bridgehead atoms. The minimum atomic E-state index is -0.878. The molecule has 38 heavy (non-hydrogen) atoms. The van der Waals surface area contributed by atoms with E-state index in [4.69, 9.17) is 4.74 Å². The van der Waals surface area contributed by atoms with Gasteiger partial charge in [0, 0.05) is 49.4 Å². The van der Waals surface area contributed by atoms with E-state index in [1.807, 2.05) is 42.5 Å². The fourth-order valence-electron chi connectivity index (χ4n) is 6.40. The molecule has 4 aliphatic rings. The first-order valence-corrected chi connectivity index (χ1v) is 14.6. The van der Waals surface area contributed by atoms with Gasteiger partial charge in [0.25, 0.3) is 5.91 Å². The number of cyclic esters (lactones) is 1. The number of benzene rings is 1. The lowest BCUT2D eigenvalue weighted by Gasteiger charge is -2.35. The van der Waals surface area contributed by atoms with E-state index in [9.17, 15) is 19.5 Å². The standard InChI is InChI=1S/C29H37N3O5S/c1-3-30(4-2)20-11-13-21(14-12-20)31-16-8-15-29-24(26(34)32(17-9-18-33)25(29)27(31)35)23-22(38-29)10-6-5-7-19-37-28(23)36/h6,8,10-15,22-25,33H,3-5,7,9,16-19H2,1-2H3/b10-6-/t22-,23+,24-,25?,29-/m0/s1. The van der Waals surface area contributed by atoms with Gasteiger partial charge in [0.1, 0.15) is 6.04 Å². The number of rotatable bonds is 7. The second kappa shape index (κ2) is 11.1. The number of amides is 2. The summed E-state index contributed by atoms with van der Waals surface area (Å²) in [6.07, 6.45) is 10.0. The number of aliphatic hydroxyl groups excluding tert-OH is 1. The summed E-state index contributed by atoms with van der Waals surface area (Å²) in [4.78, 5) is 47.2. The van der Waals surface area contributed by atoms with E-state index >= 15 is 0 Å². The van der Waals surface area contributed by atoms with Crippen molar-refractivity contribution in [3.8, 4) is 0 Å². The molecule has 1 N–H and O–H groups in total. The maximum absolute atomic E-state index is 14.4. The second-order valence-electron chi connectivity index (χ2n) is 10.2. The molecule has 8 nitrogen and oxygen atoms in total. The molecule has 4 heterocycles. The lowest BCUT2D eigenvalue weighted by atomic mass is 9.78. The molecular formula is C29H37N3O5S. The third-order valence-electron chi connectivity index (χ3n) is 8.20. The lowest BCUT2D eigenvalue weighted by Crippen LogP contribution is -2.53. The summed E-state index contributed by atoms with van der Waals surface area (Å²) < 4.78 is 4.72. The summed E-state index contributed by atoms with van der Waals surface area (Å²) in [5, 5.41) is 9.32. The van der Waals surface area contributed by atoms with Crippen molar-refractivity contribution in [2.45, 2.75) is 49.1 Å². The van der Waals surface area contributed by atoms with E-state index < -0.39 is 22.6 Å². The third-order valence-corrected chi connectivity index (χ3v) is 9.94. The highest BCUT2D eigenvalue weighted by molar-refractivity contribution is 8.02. The maximum atomic E-state index is 14.4. The number of hydrogen-bond donors (Lipinski definition) is 1. The Morgan fingerprint density at radius 2 is 1.87 bits per heavy atom. The molecule has 9 heteroatoms. The van der Waals surface area contributed by atoms with Crippen LogP contribution in [0, 0.1) is 11.8 Å². The molecule has 1 aromatic rings. The molecule has 0 aliphatic carbocycles. The van der Waals surface area contributed by atoms with E-state index in [1.165, 1.54) is 0 Å². The summed E-state index contributed by atoms with van der Waals surface area (Å²) in [5.41, 5.74) is 1.87. The molecule has 4 aliphatic heterocycles. The molecule has 1 unspecified atom stereocenters. The van der Waals surface area contributed by atoms with Gasteiger partial charge in [-0.1, -0.05) is 24.3 Å². The summed E-state index contributed by atoms with van der Waals surface area (Å²) in [6.45, 7) is 6.90. The van der Waals surface area contributed by atoms with E-state index in [-0.39, 0.29) is 36.2 Å². The Bertz CT molecular complexity index is 1120. The van der Waals surface area contributed by atoms with Gasteiger partial charge >= 0.3 is 5.97 Å². The molecule has 2 saturated heterocycles. The Labute approximate surface area is 228 Å². The van der Waals surface area contributed by atoms with Crippen LogP contribution in [0.3, 0.4) is 0 Å². The number of aliphatic hydroxyl groups is 1. The minimum Gasteiger partial charge on any atom is -0.465 e. The SMILES string of the molecule is CCN(CC)c1ccc(N2CC=C[C@]34S[C@H]5/C=C\CCCOC(=O)[C@H]5[C@H]3C(=O)N(CCCO)C4C2=O)cc1. The molecule has 0 radical (unpaired) electrons. The van der Waals surface area contributed by atoms with Gasteiger partial charge in [-0.3, -0.25) is 14.4 Å². The Kier molecular flexibility index (Phi) is 7.86. The van der Waals surface area contributed by atoms with Crippen LogP contribution in [0.2, 0.25) is 0 Å². The molecule has 204 valence electrons. The van der Waals surface area contributed by atoms with Crippen molar-refractivity contribution >= 4 is 40.9 Å². The highest BCUT2D eigenvalue weighted by atomic mass is 32.2. The number of allylic oxidation sites excluding steroid dienone is 1. The summed E-state index contributed by atoms with van der Waals surface area (Å²) in [7, 11) is 0. The molecule has 0 aromatic heterocycles. The van der Waals surface area contributed by atoms with Crippen molar-refractivity contribution in [1.82, 2.24) is 4.90 Å². The van der Waals surface area contributed by atoms with Crippen molar-refractivity contribution in [2.24, 2.45) is 11.8 Å². The topological polar surface area (TPSA) is 90.4 Å². The van der Waals surface area contributed by atoms with Gasteiger partial charge in [-0.2, -0.15) is 0 Å². The maximum Gasteiger partial charge on any atom is 0.311 e. The molecule has 1 spiro atoms. The summed E-state index contributed by atoms with van der Waals surface area (Å²) in [6, 6.07) is 7.21. The normalized spacial score (nSPS) is 31.5. The number of carbonyl (C=O) groups excluding carboxylic acids is 3. The van der Waals surface area contributed by atoms with Gasteiger partial charge in [-0.25, -0.2) is 0 Å². The molecule has 5 atom stereocenters. The van der Waals surface area contributed by atoms with Gasteiger partial charge in [0.15, 0.2) is 0 Å². The minimum absolute atomic E-state index is 0.0846. The molecule has 1 aromatic carbocycles. The highest BCUT2D eigenvalue weighted by Gasteiger charge is 2.70. The molecule has 2 fully saturated rings. The number of fused-ring (bicyclic) bond motifs is 2. The van der Waals surface area contributed by atoms with E-state index in [0.29, 0.717) is 19.6 Å². The first kappa shape index (κ1) is 26.8. The van der Waals surface area contributed by atoms with Crippen molar-refractivity contribution < 1.29 is 24.2 Å². The van der Waals surface area contributed by atoms with Gasteiger partial charge in [-0.15, -0.1) is 11.8 Å². The van der Waals surface area contributed by atoms with Crippen LogP contribution >= 0.6 is 11.8 Å². The number of ether oxygens (including phenoxy) is 1. The highest BCUT2D eigenvalue weighted by Crippen LogP contribution is 2.60. The van der Waals surface area contributed by atoms with Crippen LogP contribution in [0.4, 0.5) is 11.4 Å². The number of anilines is 2. The number of hydrogen-bond acceptors (Lipinski definition) is 7. The smallest absolute Gasteiger partial charge is 0.311 e. The van der Waals surface area contributed by atoms with Crippen LogP contribution in [0.1, 0.15) is 33.1 Å². The predicted molar refractivity (Wildman–Crippen MR) is 149 cm³/mol. The Morgan fingerprint density at radius 1 is 1.11 bits per heavy atom. The third kappa shape index (κ3) is 4.43. The number of likely N-dealkylation sites (tertiary alicyclic amines) is 1. The van der Waals surface area contributed by atoms with Crippen molar-refractivity contribution in [1.29, 1.82) is 0 Å². The summed E-state index contributed by atoms with van der Waals surface area (Å²) >= 11 is 1.55.